The van der Waals surface area contributed by atoms with Gasteiger partial charge in [0, 0.05) is 0 Å². The van der Waals surface area contributed by atoms with E-state index in [0.29, 0.717) is 0 Å². The van der Waals surface area contributed by atoms with Crippen molar-refractivity contribution < 1.29 is 25.8 Å². The first-order valence-electron chi connectivity index (χ1n) is 16.9. The molecule has 244 valence electrons. The Morgan fingerprint density at radius 2 is 0.864 bits per heavy atom. The zero-order valence-corrected chi connectivity index (χ0v) is 35.0. The second-order valence-electron chi connectivity index (χ2n) is 15.7. The van der Waals surface area contributed by atoms with Crippen LogP contribution in [0.3, 0.4) is 0 Å². The second kappa shape index (κ2) is 17.1. The number of rotatable bonds is 6. The van der Waals surface area contributed by atoms with Crippen molar-refractivity contribution in [3.63, 3.8) is 0 Å². The molecule has 0 nitrogen and oxygen atoms in total. The van der Waals surface area contributed by atoms with Crippen LogP contribution in [0.4, 0.5) is 0 Å². The van der Waals surface area contributed by atoms with Crippen LogP contribution in [0.25, 0.3) is 0 Å². The molecule has 2 aromatic carbocycles. The third-order valence-electron chi connectivity index (χ3n) is 13.1. The molecule has 0 saturated heterocycles. The maximum Gasteiger partial charge on any atom is 4.00 e. The standard InChI is InChI=1S/C38H56Si.4CH3.Hf/c1-25(2)33-23-35-29(27-15-9-7-10-16-27)19-13-21-31(35)37(33)39(5,6)38-32-22-14-20-30(28-17-11-8-12-18-28)36(32)24-34(38)26(3)4;;;;;/h7-12,15-18,25-26,29-38H,13-14,19-24H2,1-6H3;4*1H3;/q;4*-1;+4. The van der Waals surface area contributed by atoms with Gasteiger partial charge in [0.25, 0.3) is 0 Å². The van der Waals surface area contributed by atoms with E-state index in [1.54, 1.807) is 11.1 Å². The van der Waals surface area contributed by atoms with Gasteiger partial charge in [-0.25, -0.2) is 0 Å². The molecule has 0 amide bonds. The summed E-state index contributed by atoms with van der Waals surface area (Å²) in [7, 11) is -1.57. The average Bonchev–Trinajstić information content (AvgIpc) is 3.54. The molecule has 0 aromatic heterocycles. The first kappa shape index (κ1) is 41.5. The molecule has 0 N–H and O–H groups in total. The maximum atomic E-state index is 2.93. The van der Waals surface area contributed by atoms with Gasteiger partial charge in [-0.2, -0.15) is 0 Å². The fourth-order valence-electron chi connectivity index (χ4n) is 11.8. The second-order valence-corrected chi connectivity index (χ2v) is 20.7. The summed E-state index contributed by atoms with van der Waals surface area (Å²) in [5, 5.41) is 0. The molecule has 4 aliphatic rings. The van der Waals surface area contributed by atoms with E-state index in [1.807, 2.05) is 0 Å². The third-order valence-corrected chi connectivity index (χ3v) is 18.2. The molecule has 44 heavy (non-hydrogen) atoms. The number of hydrogen-bond acceptors (Lipinski definition) is 0. The van der Waals surface area contributed by atoms with E-state index in [0.717, 1.165) is 70.3 Å². The van der Waals surface area contributed by atoms with Gasteiger partial charge in [0.15, 0.2) is 0 Å². The van der Waals surface area contributed by atoms with Gasteiger partial charge < -0.3 is 29.7 Å². The Bertz CT molecular complexity index is 992. The van der Waals surface area contributed by atoms with Crippen LogP contribution in [0.1, 0.15) is 102 Å². The molecule has 10 atom stereocenters. The molecular formula is C42H68HfSi. The summed E-state index contributed by atoms with van der Waals surface area (Å²) in [6.07, 6.45) is 11.8. The fraction of sp³-hybridized carbons (Fsp3) is 0.619. The van der Waals surface area contributed by atoms with Crippen molar-refractivity contribution in [2.24, 2.45) is 47.3 Å². The molecule has 4 aliphatic carbocycles. The van der Waals surface area contributed by atoms with Gasteiger partial charge in [0.1, 0.15) is 0 Å². The molecule has 10 unspecified atom stereocenters. The van der Waals surface area contributed by atoms with E-state index in [1.165, 1.54) is 51.4 Å². The summed E-state index contributed by atoms with van der Waals surface area (Å²) in [6.45, 7) is 16.2. The summed E-state index contributed by atoms with van der Waals surface area (Å²) in [5.74, 6) is 8.90. The van der Waals surface area contributed by atoms with Crippen LogP contribution in [0.15, 0.2) is 60.7 Å². The van der Waals surface area contributed by atoms with E-state index in [4.69, 9.17) is 0 Å². The molecule has 6 rings (SSSR count). The Morgan fingerprint density at radius 1 is 0.523 bits per heavy atom. The molecule has 2 heteroatoms. The Balaban J connectivity index is 0.00000194. The van der Waals surface area contributed by atoms with Gasteiger partial charge in [-0.1, -0.05) is 127 Å². The quantitative estimate of drug-likeness (QED) is 0.202. The van der Waals surface area contributed by atoms with Gasteiger partial charge >= 0.3 is 25.8 Å². The summed E-state index contributed by atoms with van der Waals surface area (Å²) in [4.78, 5) is 0. The SMILES string of the molecule is CC(C)C1CC2C(c3ccccc3)CCCC2C1[Si](C)(C)C1C(C(C)C)CC2C(c3ccccc3)CCCC21.[CH3-].[CH3-].[CH3-].[CH3-].[Hf+4]. The van der Waals surface area contributed by atoms with Crippen molar-refractivity contribution in [1.82, 2.24) is 0 Å². The van der Waals surface area contributed by atoms with Gasteiger partial charge in [-0.05, 0) is 107 Å². The number of hydrogen-bond donors (Lipinski definition) is 0. The number of benzene rings is 2. The molecular weight excluding hydrogens is 711 g/mol. The predicted octanol–water partition coefficient (Wildman–Crippen LogP) is 13.0. The molecule has 4 fully saturated rings. The van der Waals surface area contributed by atoms with E-state index >= 15 is 0 Å². The summed E-state index contributed by atoms with van der Waals surface area (Å²) in [5.41, 5.74) is 5.31. The van der Waals surface area contributed by atoms with Crippen molar-refractivity contribution in [3.8, 4) is 0 Å². The average molecular weight is 780 g/mol. The van der Waals surface area contributed by atoms with Crippen molar-refractivity contribution in [2.75, 3.05) is 0 Å². The van der Waals surface area contributed by atoms with Crippen molar-refractivity contribution in [1.29, 1.82) is 0 Å². The minimum Gasteiger partial charge on any atom is -0.358 e. The first-order chi connectivity index (χ1) is 18.8. The van der Waals surface area contributed by atoms with Crippen LogP contribution < -0.4 is 0 Å². The Kier molecular flexibility index (Phi) is 16.1. The fourth-order valence-corrected chi connectivity index (χ4v) is 18.5. The smallest absolute Gasteiger partial charge is 0.358 e. The minimum atomic E-state index is -1.57. The van der Waals surface area contributed by atoms with Gasteiger partial charge in [0.2, 0.25) is 0 Å². The molecule has 0 bridgehead atoms. The summed E-state index contributed by atoms with van der Waals surface area (Å²) < 4.78 is 0. The van der Waals surface area contributed by atoms with Crippen molar-refractivity contribution >= 4 is 8.07 Å². The van der Waals surface area contributed by atoms with Crippen LogP contribution in [0, 0.1) is 77.0 Å². The van der Waals surface area contributed by atoms with Gasteiger partial charge in [-0.3, -0.25) is 0 Å². The van der Waals surface area contributed by atoms with Gasteiger partial charge in [0.05, 0.1) is 8.07 Å². The van der Waals surface area contributed by atoms with Crippen LogP contribution in [-0.2, 0) is 25.8 Å². The molecule has 0 aliphatic heterocycles. The van der Waals surface area contributed by atoms with Crippen LogP contribution in [0.5, 0.6) is 0 Å². The van der Waals surface area contributed by atoms with Crippen LogP contribution in [0.2, 0.25) is 24.2 Å². The largest absolute Gasteiger partial charge is 4.00 e. The monoisotopic (exact) mass is 780 g/mol. The zero-order chi connectivity index (χ0) is 27.3. The first-order valence-corrected chi connectivity index (χ1v) is 20.0. The molecule has 0 spiro atoms. The molecule has 0 heterocycles. The van der Waals surface area contributed by atoms with E-state index < -0.39 is 8.07 Å². The molecule has 4 saturated carbocycles. The maximum absolute atomic E-state index is 2.93. The summed E-state index contributed by atoms with van der Waals surface area (Å²) >= 11 is 0. The van der Waals surface area contributed by atoms with E-state index in [2.05, 4.69) is 101 Å². The predicted molar refractivity (Wildman–Crippen MR) is 197 cm³/mol. The van der Waals surface area contributed by atoms with E-state index in [-0.39, 0.29) is 55.5 Å². The van der Waals surface area contributed by atoms with E-state index in [9.17, 15) is 0 Å². The zero-order valence-electron chi connectivity index (χ0n) is 30.4. The van der Waals surface area contributed by atoms with Crippen molar-refractivity contribution in [3.05, 3.63) is 101 Å². The molecule has 2 aromatic rings. The Hall–Kier alpha value is -0.473. The van der Waals surface area contributed by atoms with Crippen molar-refractivity contribution in [2.45, 2.75) is 115 Å². The third kappa shape index (κ3) is 7.47. The number of fused-ring (bicyclic) bond motifs is 2. The van der Waals surface area contributed by atoms with Gasteiger partial charge in [-0.15, -0.1) is 0 Å². The van der Waals surface area contributed by atoms with Crippen LogP contribution in [-0.4, -0.2) is 8.07 Å². The summed E-state index contributed by atoms with van der Waals surface area (Å²) in [6, 6.07) is 23.4. The molecule has 0 radical (unpaired) electrons. The van der Waals surface area contributed by atoms with Crippen LogP contribution >= 0.6 is 0 Å². The Labute approximate surface area is 296 Å². The normalized spacial score (nSPS) is 34.3. The topological polar surface area (TPSA) is 0 Å². The minimum absolute atomic E-state index is 0. The Morgan fingerprint density at radius 3 is 1.18 bits per heavy atom.